The zero-order valence-electron chi connectivity index (χ0n) is 16.2. The van der Waals surface area contributed by atoms with Crippen LogP contribution in [0.15, 0.2) is 42.5 Å². The van der Waals surface area contributed by atoms with Crippen LogP contribution in [0.5, 0.6) is 5.75 Å². The number of aryl methyl sites for hydroxylation is 2. The second-order valence-electron chi connectivity index (χ2n) is 6.15. The third kappa shape index (κ3) is 6.42. The summed E-state index contributed by atoms with van der Waals surface area (Å²) in [7, 11) is 0. The average Bonchev–Trinajstić information content (AvgIpc) is 2.68. The van der Waals surface area contributed by atoms with Crippen molar-refractivity contribution in [3.63, 3.8) is 0 Å². The monoisotopic (exact) mass is 384 g/mol. The molecule has 0 saturated carbocycles. The van der Waals surface area contributed by atoms with Gasteiger partial charge in [-0.05, 0) is 68.3 Å². The Morgan fingerprint density at radius 3 is 2.32 bits per heavy atom. The molecule has 0 aromatic heterocycles. The molecule has 148 valence electrons. The summed E-state index contributed by atoms with van der Waals surface area (Å²) in [6, 6.07) is 12.1. The van der Waals surface area contributed by atoms with E-state index in [0.717, 1.165) is 11.1 Å². The molecule has 0 atom stereocenters. The van der Waals surface area contributed by atoms with Crippen molar-refractivity contribution >= 4 is 23.5 Å². The first-order valence-corrected chi connectivity index (χ1v) is 8.93. The summed E-state index contributed by atoms with van der Waals surface area (Å²) in [6.07, 6.45) is 0. The van der Waals surface area contributed by atoms with E-state index in [9.17, 15) is 14.4 Å². The first kappa shape index (κ1) is 21.0. The first-order chi connectivity index (χ1) is 13.4. The molecule has 0 unspecified atom stereocenters. The van der Waals surface area contributed by atoms with Gasteiger partial charge in [-0.15, -0.1) is 0 Å². The Morgan fingerprint density at radius 2 is 1.68 bits per heavy atom. The van der Waals surface area contributed by atoms with Crippen LogP contribution < -0.4 is 15.4 Å². The van der Waals surface area contributed by atoms with Gasteiger partial charge in [0.1, 0.15) is 12.3 Å². The Balaban J connectivity index is 1.73. The quantitative estimate of drug-likeness (QED) is 0.683. The molecule has 2 amide bonds. The lowest BCUT2D eigenvalue weighted by Gasteiger charge is -2.09. The second-order valence-corrected chi connectivity index (χ2v) is 6.15. The van der Waals surface area contributed by atoms with E-state index in [1.54, 1.807) is 36.4 Å². The van der Waals surface area contributed by atoms with Crippen molar-refractivity contribution in [2.45, 2.75) is 20.8 Å². The molecule has 0 aliphatic carbocycles. The molecule has 7 nitrogen and oxygen atoms in total. The molecule has 2 aromatic rings. The number of carbonyl (C=O) groups is 3. The van der Waals surface area contributed by atoms with Crippen molar-refractivity contribution in [3.05, 3.63) is 59.2 Å². The molecule has 0 heterocycles. The van der Waals surface area contributed by atoms with Crippen LogP contribution in [0.25, 0.3) is 0 Å². The number of hydrogen-bond donors (Lipinski definition) is 2. The van der Waals surface area contributed by atoms with Gasteiger partial charge in [0.15, 0.2) is 6.61 Å². The molecule has 0 aliphatic rings. The largest absolute Gasteiger partial charge is 0.494 e. The Kier molecular flexibility index (Phi) is 7.56. The minimum Gasteiger partial charge on any atom is -0.494 e. The molecule has 2 aromatic carbocycles. The van der Waals surface area contributed by atoms with Gasteiger partial charge in [-0.1, -0.05) is 6.07 Å². The number of benzene rings is 2. The molecule has 0 radical (unpaired) electrons. The minimum atomic E-state index is -0.695. The number of esters is 1. The topological polar surface area (TPSA) is 93.7 Å². The maximum atomic E-state index is 12.1. The van der Waals surface area contributed by atoms with Gasteiger partial charge in [0.2, 0.25) is 0 Å². The minimum absolute atomic E-state index is 0.317. The van der Waals surface area contributed by atoms with Crippen LogP contribution in [0, 0.1) is 13.8 Å². The standard InChI is InChI=1S/C21H24N2O5/c1-4-27-18-9-7-17(8-10-18)23-19(24)13-28-20(25)12-22-21(26)16-6-5-14(2)15(3)11-16/h5-11H,4,12-13H2,1-3H3,(H,22,26)(H,23,24). The number of carbonyl (C=O) groups excluding carboxylic acids is 3. The molecule has 0 fully saturated rings. The highest BCUT2D eigenvalue weighted by atomic mass is 16.5. The SMILES string of the molecule is CCOc1ccc(NC(=O)COC(=O)CNC(=O)c2ccc(C)c(C)c2)cc1. The number of ether oxygens (including phenoxy) is 2. The van der Waals surface area contributed by atoms with Gasteiger partial charge in [0.25, 0.3) is 11.8 Å². The van der Waals surface area contributed by atoms with Gasteiger partial charge >= 0.3 is 5.97 Å². The predicted octanol–water partition coefficient (Wildman–Crippen LogP) is 2.61. The summed E-state index contributed by atoms with van der Waals surface area (Å²) in [6.45, 7) is 5.54. The van der Waals surface area contributed by atoms with Crippen LogP contribution >= 0.6 is 0 Å². The summed E-state index contributed by atoms with van der Waals surface area (Å²) in [5.41, 5.74) is 3.09. The van der Waals surface area contributed by atoms with E-state index in [2.05, 4.69) is 10.6 Å². The van der Waals surface area contributed by atoms with E-state index in [4.69, 9.17) is 9.47 Å². The molecular weight excluding hydrogens is 360 g/mol. The second kappa shape index (κ2) is 10.1. The van der Waals surface area contributed by atoms with E-state index >= 15 is 0 Å². The van der Waals surface area contributed by atoms with Crippen LogP contribution in [-0.2, 0) is 14.3 Å². The molecule has 0 spiro atoms. The average molecular weight is 384 g/mol. The summed E-state index contributed by atoms with van der Waals surface area (Å²) < 4.78 is 10.2. The van der Waals surface area contributed by atoms with Crippen molar-refractivity contribution in [1.29, 1.82) is 0 Å². The maximum Gasteiger partial charge on any atom is 0.325 e. The van der Waals surface area contributed by atoms with Crippen molar-refractivity contribution in [2.75, 3.05) is 25.1 Å². The number of anilines is 1. The molecule has 28 heavy (non-hydrogen) atoms. The maximum absolute atomic E-state index is 12.1. The van der Waals surface area contributed by atoms with E-state index in [-0.39, 0.29) is 12.5 Å². The summed E-state index contributed by atoms with van der Waals surface area (Å²) in [4.78, 5) is 35.6. The molecule has 0 bridgehead atoms. The molecule has 0 saturated heterocycles. The highest BCUT2D eigenvalue weighted by Crippen LogP contribution is 2.15. The van der Waals surface area contributed by atoms with Gasteiger partial charge in [-0.2, -0.15) is 0 Å². The van der Waals surface area contributed by atoms with Crippen LogP contribution in [0.3, 0.4) is 0 Å². The zero-order valence-corrected chi connectivity index (χ0v) is 16.2. The summed E-state index contributed by atoms with van der Waals surface area (Å²) in [5, 5.41) is 5.09. The summed E-state index contributed by atoms with van der Waals surface area (Å²) >= 11 is 0. The zero-order chi connectivity index (χ0) is 20.5. The van der Waals surface area contributed by atoms with Crippen LogP contribution in [-0.4, -0.2) is 37.5 Å². The molecule has 2 rings (SSSR count). The van der Waals surface area contributed by atoms with Crippen molar-refractivity contribution in [2.24, 2.45) is 0 Å². The predicted molar refractivity (Wildman–Crippen MR) is 105 cm³/mol. The highest BCUT2D eigenvalue weighted by molar-refractivity contribution is 5.96. The number of hydrogen-bond acceptors (Lipinski definition) is 5. The fourth-order valence-electron chi connectivity index (χ4n) is 2.33. The fourth-order valence-corrected chi connectivity index (χ4v) is 2.33. The molecule has 7 heteroatoms. The lowest BCUT2D eigenvalue weighted by molar-refractivity contribution is -0.146. The van der Waals surface area contributed by atoms with Crippen LogP contribution in [0.4, 0.5) is 5.69 Å². The van der Waals surface area contributed by atoms with Gasteiger partial charge < -0.3 is 20.1 Å². The Labute approximate surface area is 164 Å². The van der Waals surface area contributed by atoms with Crippen molar-refractivity contribution in [1.82, 2.24) is 5.32 Å². The van der Waals surface area contributed by atoms with Gasteiger partial charge in [0.05, 0.1) is 6.61 Å². The smallest absolute Gasteiger partial charge is 0.325 e. The van der Waals surface area contributed by atoms with Gasteiger partial charge in [-0.25, -0.2) is 0 Å². The molecular formula is C21H24N2O5. The highest BCUT2D eigenvalue weighted by Gasteiger charge is 2.11. The Morgan fingerprint density at radius 1 is 0.964 bits per heavy atom. The lowest BCUT2D eigenvalue weighted by Crippen LogP contribution is -2.32. The normalized spacial score (nSPS) is 10.1. The molecule has 2 N–H and O–H groups in total. The number of rotatable bonds is 8. The third-order valence-corrected chi connectivity index (χ3v) is 3.98. The van der Waals surface area contributed by atoms with Crippen molar-refractivity contribution in [3.8, 4) is 5.75 Å². The van der Waals surface area contributed by atoms with Crippen molar-refractivity contribution < 1.29 is 23.9 Å². The molecule has 0 aliphatic heterocycles. The van der Waals surface area contributed by atoms with Crippen LogP contribution in [0.1, 0.15) is 28.4 Å². The lowest BCUT2D eigenvalue weighted by atomic mass is 10.1. The Bertz CT molecular complexity index is 846. The van der Waals surface area contributed by atoms with Gasteiger partial charge in [0, 0.05) is 11.3 Å². The number of nitrogens with one attached hydrogen (secondary N) is 2. The first-order valence-electron chi connectivity index (χ1n) is 8.93. The third-order valence-electron chi connectivity index (χ3n) is 3.98. The van der Waals surface area contributed by atoms with E-state index in [1.165, 1.54) is 0 Å². The fraction of sp³-hybridized carbons (Fsp3) is 0.286. The van der Waals surface area contributed by atoms with E-state index in [1.807, 2.05) is 26.8 Å². The van der Waals surface area contributed by atoms with Crippen LogP contribution in [0.2, 0.25) is 0 Å². The van der Waals surface area contributed by atoms with E-state index < -0.39 is 18.5 Å². The summed E-state index contributed by atoms with van der Waals surface area (Å²) in [5.74, 6) is -0.845. The Hall–Kier alpha value is -3.35. The van der Waals surface area contributed by atoms with E-state index in [0.29, 0.717) is 23.6 Å². The number of amides is 2. The van der Waals surface area contributed by atoms with Gasteiger partial charge in [-0.3, -0.25) is 14.4 Å².